The van der Waals surface area contributed by atoms with Crippen LogP contribution in [0.4, 0.5) is 0 Å². The summed E-state index contributed by atoms with van der Waals surface area (Å²) in [5, 5.41) is 12.4. The first-order valence-corrected chi connectivity index (χ1v) is 9.80. The molecule has 2 rings (SSSR count). The summed E-state index contributed by atoms with van der Waals surface area (Å²) in [6.07, 6.45) is 1.77. The van der Waals surface area contributed by atoms with Gasteiger partial charge in [-0.15, -0.1) is 35.3 Å². The number of carbonyl (C=O) groups is 1. The van der Waals surface area contributed by atoms with Gasteiger partial charge in [-0.3, -0.25) is 4.79 Å². The van der Waals surface area contributed by atoms with Crippen LogP contribution in [-0.2, 0) is 19.4 Å². The number of benzene rings is 1. The number of nitrogens with zero attached hydrogens (tertiary/aromatic N) is 2. The highest BCUT2D eigenvalue weighted by molar-refractivity contribution is 14.0. The lowest BCUT2D eigenvalue weighted by Crippen LogP contribution is -2.38. The molecule has 1 aromatic carbocycles. The number of rotatable bonds is 8. The lowest BCUT2D eigenvalue weighted by molar-refractivity contribution is 0.0963. The predicted molar refractivity (Wildman–Crippen MR) is 123 cm³/mol. The molecule has 0 aliphatic heterocycles. The van der Waals surface area contributed by atoms with Gasteiger partial charge < -0.3 is 16.0 Å². The number of hydrogen-bond acceptors (Lipinski definition) is 4. The molecule has 0 atom stereocenters. The molecule has 0 aliphatic carbocycles. The standard InChI is InChI=1S/C19H27N5OS.HI/c1-4-17-24-16(13-26-17)12-23-19(21-5-2)22-10-9-14-7-6-8-15(11-14)18(25)20-3;/h6-8,11,13H,4-5,9-10,12H2,1-3H3,(H,20,25)(H2,21,22,23);1H. The molecule has 0 bridgehead atoms. The van der Waals surface area contributed by atoms with Gasteiger partial charge in [0, 0.05) is 31.1 Å². The van der Waals surface area contributed by atoms with E-state index in [0.717, 1.165) is 48.2 Å². The molecule has 0 saturated heterocycles. The third kappa shape index (κ3) is 7.84. The first-order chi connectivity index (χ1) is 12.7. The van der Waals surface area contributed by atoms with E-state index in [9.17, 15) is 4.79 Å². The zero-order chi connectivity index (χ0) is 18.8. The monoisotopic (exact) mass is 501 g/mol. The molecule has 6 nitrogen and oxygen atoms in total. The van der Waals surface area contributed by atoms with E-state index >= 15 is 0 Å². The zero-order valence-electron chi connectivity index (χ0n) is 16.0. The average molecular weight is 501 g/mol. The van der Waals surface area contributed by atoms with Gasteiger partial charge in [-0.1, -0.05) is 19.1 Å². The lowest BCUT2D eigenvalue weighted by atomic mass is 10.1. The Morgan fingerprint density at radius 1 is 1.26 bits per heavy atom. The van der Waals surface area contributed by atoms with E-state index in [1.165, 1.54) is 0 Å². The van der Waals surface area contributed by atoms with Crippen molar-refractivity contribution in [1.29, 1.82) is 0 Å². The molecular weight excluding hydrogens is 473 g/mol. The molecule has 2 aromatic rings. The van der Waals surface area contributed by atoms with Crippen LogP contribution in [0.5, 0.6) is 0 Å². The molecule has 0 radical (unpaired) electrons. The molecule has 8 heteroatoms. The van der Waals surface area contributed by atoms with E-state index in [4.69, 9.17) is 0 Å². The Labute approximate surface area is 182 Å². The fraction of sp³-hybridized carbons (Fsp3) is 0.421. The van der Waals surface area contributed by atoms with E-state index in [1.54, 1.807) is 18.4 Å². The number of thiazole rings is 1. The van der Waals surface area contributed by atoms with Crippen LogP contribution in [0.1, 0.15) is 40.5 Å². The van der Waals surface area contributed by atoms with Crippen LogP contribution >= 0.6 is 35.3 Å². The molecule has 0 aliphatic rings. The highest BCUT2D eigenvalue weighted by atomic mass is 127. The number of aliphatic imine (C=N–C) groups is 1. The summed E-state index contributed by atoms with van der Waals surface area (Å²) in [6.45, 7) is 6.26. The van der Waals surface area contributed by atoms with E-state index in [1.807, 2.05) is 31.2 Å². The molecule has 0 fully saturated rings. The van der Waals surface area contributed by atoms with Gasteiger partial charge in [-0.2, -0.15) is 0 Å². The lowest BCUT2D eigenvalue weighted by Gasteiger charge is -2.11. The van der Waals surface area contributed by atoms with Gasteiger partial charge in [0.15, 0.2) is 5.96 Å². The van der Waals surface area contributed by atoms with Crippen molar-refractivity contribution in [1.82, 2.24) is 20.9 Å². The van der Waals surface area contributed by atoms with Gasteiger partial charge in [0.05, 0.1) is 17.2 Å². The second-order valence-electron chi connectivity index (χ2n) is 5.74. The van der Waals surface area contributed by atoms with E-state index in [0.29, 0.717) is 12.1 Å². The van der Waals surface area contributed by atoms with Crippen LogP contribution in [0.25, 0.3) is 0 Å². The maximum absolute atomic E-state index is 11.7. The van der Waals surface area contributed by atoms with Crippen molar-refractivity contribution in [3.8, 4) is 0 Å². The maximum atomic E-state index is 11.7. The summed E-state index contributed by atoms with van der Waals surface area (Å²) < 4.78 is 0. The highest BCUT2D eigenvalue weighted by Gasteiger charge is 2.05. The maximum Gasteiger partial charge on any atom is 0.251 e. The number of carbonyl (C=O) groups excluding carboxylic acids is 1. The van der Waals surface area contributed by atoms with Crippen molar-refractivity contribution >= 4 is 47.2 Å². The number of hydrogen-bond donors (Lipinski definition) is 3. The van der Waals surface area contributed by atoms with Crippen molar-refractivity contribution in [2.45, 2.75) is 33.2 Å². The van der Waals surface area contributed by atoms with Crippen LogP contribution in [0.2, 0.25) is 0 Å². The molecule has 1 aromatic heterocycles. The summed E-state index contributed by atoms with van der Waals surface area (Å²) in [7, 11) is 1.64. The molecular formula is C19H28IN5OS. The van der Waals surface area contributed by atoms with Gasteiger partial charge in [0.2, 0.25) is 0 Å². The van der Waals surface area contributed by atoms with Crippen molar-refractivity contribution in [3.05, 3.63) is 51.5 Å². The quantitative estimate of drug-likeness (QED) is 0.295. The summed E-state index contributed by atoms with van der Waals surface area (Å²) >= 11 is 1.68. The normalized spacial score (nSPS) is 10.9. The van der Waals surface area contributed by atoms with Crippen molar-refractivity contribution in [2.24, 2.45) is 4.99 Å². The van der Waals surface area contributed by atoms with Crippen LogP contribution in [0, 0.1) is 0 Å². The van der Waals surface area contributed by atoms with Crippen molar-refractivity contribution in [2.75, 3.05) is 20.1 Å². The van der Waals surface area contributed by atoms with E-state index in [2.05, 4.69) is 38.2 Å². The number of amides is 1. The number of nitrogens with one attached hydrogen (secondary N) is 3. The second kappa shape index (κ2) is 12.7. The predicted octanol–water partition coefficient (Wildman–Crippen LogP) is 2.98. The Hall–Kier alpha value is -1.68. The highest BCUT2D eigenvalue weighted by Crippen LogP contribution is 2.11. The average Bonchev–Trinajstić information content (AvgIpc) is 3.14. The molecule has 27 heavy (non-hydrogen) atoms. The molecule has 148 valence electrons. The van der Waals surface area contributed by atoms with Crippen LogP contribution < -0.4 is 16.0 Å². The fourth-order valence-electron chi connectivity index (χ4n) is 2.42. The summed E-state index contributed by atoms with van der Waals surface area (Å²) in [6, 6.07) is 7.68. The number of aryl methyl sites for hydroxylation is 1. The summed E-state index contributed by atoms with van der Waals surface area (Å²) in [4.78, 5) is 20.9. The van der Waals surface area contributed by atoms with Gasteiger partial charge >= 0.3 is 0 Å². The summed E-state index contributed by atoms with van der Waals surface area (Å²) in [5.41, 5.74) is 2.80. The first kappa shape index (κ1) is 23.4. The molecule has 0 spiro atoms. The van der Waals surface area contributed by atoms with Crippen LogP contribution in [0.15, 0.2) is 34.6 Å². The van der Waals surface area contributed by atoms with Crippen molar-refractivity contribution in [3.63, 3.8) is 0 Å². The Bertz CT molecular complexity index is 747. The molecule has 0 saturated carbocycles. The van der Waals surface area contributed by atoms with Gasteiger partial charge in [-0.05, 0) is 37.5 Å². The minimum absolute atomic E-state index is 0. The molecule has 1 amide bonds. The van der Waals surface area contributed by atoms with E-state index < -0.39 is 0 Å². The number of guanidine groups is 1. The fourth-order valence-corrected chi connectivity index (χ4v) is 3.16. The van der Waals surface area contributed by atoms with Crippen molar-refractivity contribution < 1.29 is 4.79 Å². The largest absolute Gasteiger partial charge is 0.357 e. The number of halogens is 1. The first-order valence-electron chi connectivity index (χ1n) is 8.92. The molecule has 0 unspecified atom stereocenters. The minimum atomic E-state index is -0.0654. The van der Waals surface area contributed by atoms with Crippen LogP contribution in [0.3, 0.4) is 0 Å². The van der Waals surface area contributed by atoms with E-state index in [-0.39, 0.29) is 29.9 Å². The Kier molecular flexibility index (Phi) is 11.0. The zero-order valence-corrected chi connectivity index (χ0v) is 19.2. The van der Waals surface area contributed by atoms with Crippen LogP contribution in [-0.4, -0.2) is 37.0 Å². The third-order valence-corrected chi connectivity index (χ3v) is 4.81. The third-order valence-electron chi connectivity index (χ3n) is 3.77. The van der Waals surface area contributed by atoms with Gasteiger partial charge in [0.25, 0.3) is 5.91 Å². The Morgan fingerprint density at radius 3 is 2.74 bits per heavy atom. The molecule has 3 N–H and O–H groups in total. The van der Waals surface area contributed by atoms with Gasteiger partial charge in [0.1, 0.15) is 0 Å². The molecule has 1 heterocycles. The SMILES string of the molecule is CCNC(=NCc1csc(CC)n1)NCCc1cccc(C(=O)NC)c1.I. The van der Waals surface area contributed by atoms with Gasteiger partial charge in [-0.25, -0.2) is 9.98 Å². The Morgan fingerprint density at radius 2 is 2.07 bits per heavy atom. The smallest absolute Gasteiger partial charge is 0.251 e. The summed E-state index contributed by atoms with van der Waals surface area (Å²) in [5.74, 6) is 0.713. The topological polar surface area (TPSA) is 78.4 Å². The minimum Gasteiger partial charge on any atom is -0.357 e. The number of aromatic nitrogens is 1. The second-order valence-corrected chi connectivity index (χ2v) is 6.68. The Balaban J connectivity index is 0.00000364.